The molecule has 2 atom stereocenters. The third kappa shape index (κ3) is 2.86. The van der Waals surface area contributed by atoms with Gasteiger partial charge in [-0.2, -0.15) is 0 Å². The SMILES string of the molecule is C#CC(C)N[C@@H](C)c1cccc(F)c1. The van der Waals surface area contributed by atoms with Crippen LogP contribution in [0.4, 0.5) is 4.39 Å². The number of rotatable bonds is 3. The van der Waals surface area contributed by atoms with Gasteiger partial charge in [0.05, 0.1) is 6.04 Å². The first-order chi connectivity index (χ1) is 6.63. The Bertz CT molecular complexity index is 340. The molecule has 74 valence electrons. The average molecular weight is 191 g/mol. The van der Waals surface area contributed by atoms with Crippen LogP contribution in [0.15, 0.2) is 24.3 Å². The topological polar surface area (TPSA) is 12.0 Å². The zero-order valence-electron chi connectivity index (χ0n) is 8.42. The molecule has 0 aliphatic carbocycles. The summed E-state index contributed by atoms with van der Waals surface area (Å²) < 4.78 is 12.9. The van der Waals surface area contributed by atoms with Crippen molar-refractivity contribution >= 4 is 0 Å². The molecule has 0 bridgehead atoms. The van der Waals surface area contributed by atoms with Crippen LogP contribution in [0.25, 0.3) is 0 Å². The maximum atomic E-state index is 12.9. The summed E-state index contributed by atoms with van der Waals surface area (Å²) in [6, 6.07) is 6.58. The van der Waals surface area contributed by atoms with Gasteiger partial charge in [-0.15, -0.1) is 6.42 Å². The van der Waals surface area contributed by atoms with Gasteiger partial charge in [0.2, 0.25) is 0 Å². The van der Waals surface area contributed by atoms with Crippen molar-refractivity contribution in [3.63, 3.8) is 0 Å². The number of hydrogen-bond donors (Lipinski definition) is 1. The summed E-state index contributed by atoms with van der Waals surface area (Å²) in [6.45, 7) is 3.86. The quantitative estimate of drug-likeness (QED) is 0.724. The molecule has 0 radical (unpaired) electrons. The van der Waals surface area contributed by atoms with Crippen LogP contribution in [-0.2, 0) is 0 Å². The van der Waals surface area contributed by atoms with Crippen molar-refractivity contribution in [2.24, 2.45) is 0 Å². The average Bonchev–Trinajstić information content (AvgIpc) is 2.17. The predicted molar refractivity (Wildman–Crippen MR) is 56.2 cm³/mol. The minimum atomic E-state index is -0.218. The molecule has 0 saturated carbocycles. The van der Waals surface area contributed by atoms with Crippen LogP contribution in [0.2, 0.25) is 0 Å². The minimum absolute atomic E-state index is 0.00623. The van der Waals surface area contributed by atoms with E-state index in [0.717, 1.165) is 5.56 Å². The van der Waals surface area contributed by atoms with E-state index in [1.54, 1.807) is 6.07 Å². The lowest BCUT2D eigenvalue weighted by Crippen LogP contribution is -2.27. The standard InChI is InChI=1S/C12H14FN/c1-4-9(2)14-10(3)11-6-5-7-12(13)8-11/h1,5-10,14H,2-3H3/t9?,10-/m0/s1. The molecule has 1 nitrogen and oxygen atoms in total. The number of benzene rings is 1. The zero-order valence-corrected chi connectivity index (χ0v) is 8.42. The fraction of sp³-hybridized carbons (Fsp3) is 0.333. The Balaban J connectivity index is 2.70. The van der Waals surface area contributed by atoms with Crippen molar-refractivity contribution in [3.8, 4) is 12.3 Å². The molecule has 0 saturated heterocycles. The van der Waals surface area contributed by atoms with Gasteiger partial charge in [0.25, 0.3) is 0 Å². The van der Waals surface area contributed by atoms with Crippen LogP contribution in [-0.4, -0.2) is 6.04 Å². The van der Waals surface area contributed by atoms with Crippen molar-refractivity contribution in [2.45, 2.75) is 25.9 Å². The van der Waals surface area contributed by atoms with Crippen LogP contribution in [0.3, 0.4) is 0 Å². The van der Waals surface area contributed by atoms with Crippen molar-refractivity contribution in [1.29, 1.82) is 0 Å². The first kappa shape index (κ1) is 10.7. The van der Waals surface area contributed by atoms with E-state index < -0.39 is 0 Å². The Morgan fingerprint density at radius 3 is 2.71 bits per heavy atom. The summed E-state index contributed by atoms with van der Waals surface area (Å²) in [5.41, 5.74) is 0.909. The molecule has 1 unspecified atom stereocenters. The minimum Gasteiger partial charge on any atom is -0.297 e. The molecule has 1 rings (SSSR count). The fourth-order valence-electron chi connectivity index (χ4n) is 1.30. The lowest BCUT2D eigenvalue weighted by molar-refractivity contribution is 0.540. The van der Waals surface area contributed by atoms with Gasteiger partial charge in [-0.3, -0.25) is 5.32 Å². The summed E-state index contributed by atoms with van der Waals surface area (Å²) in [7, 11) is 0. The molecular weight excluding hydrogens is 177 g/mol. The van der Waals surface area contributed by atoms with Crippen LogP contribution in [0.5, 0.6) is 0 Å². The summed E-state index contributed by atoms with van der Waals surface area (Å²) in [4.78, 5) is 0. The molecule has 0 aliphatic rings. The highest BCUT2D eigenvalue weighted by atomic mass is 19.1. The Kier molecular flexibility index (Phi) is 3.67. The largest absolute Gasteiger partial charge is 0.297 e. The molecule has 14 heavy (non-hydrogen) atoms. The van der Waals surface area contributed by atoms with E-state index in [4.69, 9.17) is 6.42 Å². The van der Waals surface area contributed by atoms with Crippen LogP contribution >= 0.6 is 0 Å². The maximum Gasteiger partial charge on any atom is 0.123 e. The van der Waals surface area contributed by atoms with Crippen molar-refractivity contribution in [3.05, 3.63) is 35.6 Å². The Morgan fingerprint density at radius 2 is 2.14 bits per heavy atom. The highest BCUT2D eigenvalue weighted by Crippen LogP contribution is 2.13. The molecule has 0 spiro atoms. The van der Waals surface area contributed by atoms with E-state index >= 15 is 0 Å². The van der Waals surface area contributed by atoms with Crippen LogP contribution in [0, 0.1) is 18.2 Å². The highest BCUT2D eigenvalue weighted by Gasteiger charge is 2.07. The molecular formula is C12H14FN. The Hall–Kier alpha value is -1.33. The van der Waals surface area contributed by atoms with E-state index in [1.807, 2.05) is 19.9 Å². The van der Waals surface area contributed by atoms with Gasteiger partial charge in [0, 0.05) is 6.04 Å². The first-order valence-electron chi connectivity index (χ1n) is 4.61. The van der Waals surface area contributed by atoms with Crippen molar-refractivity contribution < 1.29 is 4.39 Å². The number of halogens is 1. The lowest BCUT2D eigenvalue weighted by atomic mass is 10.1. The van der Waals surface area contributed by atoms with Crippen LogP contribution < -0.4 is 5.32 Å². The van der Waals surface area contributed by atoms with Crippen molar-refractivity contribution in [1.82, 2.24) is 5.32 Å². The summed E-state index contributed by atoms with van der Waals surface area (Å²) in [6.07, 6.45) is 5.24. The normalized spacial score (nSPS) is 14.4. The fourth-order valence-corrected chi connectivity index (χ4v) is 1.30. The molecule has 0 amide bonds. The summed E-state index contributed by atoms with van der Waals surface area (Å²) in [5, 5.41) is 3.17. The Morgan fingerprint density at radius 1 is 1.43 bits per heavy atom. The van der Waals surface area contributed by atoms with Gasteiger partial charge in [0.1, 0.15) is 5.82 Å². The van der Waals surface area contributed by atoms with Gasteiger partial charge < -0.3 is 0 Å². The van der Waals surface area contributed by atoms with E-state index in [-0.39, 0.29) is 17.9 Å². The van der Waals surface area contributed by atoms with Gasteiger partial charge in [-0.05, 0) is 31.5 Å². The van der Waals surface area contributed by atoms with Gasteiger partial charge in [0.15, 0.2) is 0 Å². The first-order valence-corrected chi connectivity index (χ1v) is 4.61. The molecule has 1 N–H and O–H groups in total. The highest BCUT2D eigenvalue weighted by molar-refractivity contribution is 5.20. The second-order valence-corrected chi connectivity index (χ2v) is 3.33. The molecule has 0 aromatic heterocycles. The van der Waals surface area contributed by atoms with E-state index in [1.165, 1.54) is 12.1 Å². The third-order valence-corrected chi connectivity index (χ3v) is 2.10. The molecule has 1 aromatic rings. The number of nitrogens with one attached hydrogen (secondary N) is 1. The van der Waals surface area contributed by atoms with Gasteiger partial charge in [-0.25, -0.2) is 4.39 Å². The van der Waals surface area contributed by atoms with Crippen molar-refractivity contribution in [2.75, 3.05) is 0 Å². The monoisotopic (exact) mass is 191 g/mol. The number of hydrogen-bond acceptors (Lipinski definition) is 1. The van der Waals surface area contributed by atoms with Gasteiger partial charge in [-0.1, -0.05) is 18.1 Å². The summed E-state index contributed by atoms with van der Waals surface area (Å²) >= 11 is 0. The maximum absolute atomic E-state index is 12.9. The van der Waals surface area contributed by atoms with E-state index in [0.29, 0.717) is 0 Å². The zero-order chi connectivity index (χ0) is 10.6. The Labute approximate surface area is 84.3 Å². The number of terminal acetylenes is 1. The summed E-state index contributed by atoms with van der Waals surface area (Å²) in [5.74, 6) is 2.36. The predicted octanol–water partition coefficient (Wildman–Crippen LogP) is 2.50. The van der Waals surface area contributed by atoms with Crippen LogP contribution in [0.1, 0.15) is 25.5 Å². The second-order valence-electron chi connectivity index (χ2n) is 3.33. The van der Waals surface area contributed by atoms with Gasteiger partial charge >= 0.3 is 0 Å². The molecule has 0 fully saturated rings. The second kappa shape index (κ2) is 4.78. The van der Waals surface area contributed by atoms with E-state index in [9.17, 15) is 4.39 Å². The van der Waals surface area contributed by atoms with E-state index in [2.05, 4.69) is 11.2 Å². The third-order valence-electron chi connectivity index (χ3n) is 2.10. The molecule has 0 aliphatic heterocycles. The molecule has 1 aromatic carbocycles. The molecule has 2 heteroatoms. The lowest BCUT2D eigenvalue weighted by Gasteiger charge is -2.16. The smallest absolute Gasteiger partial charge is 0.123 e. The molecule has 0 heterocycles.